The van der Waals surface area contributed by atoms with Gasteiger partial charge in [-0.1, -0.05) is 48.5 Å². The van der Waals surface area contributed by atoms with Gasteiger partial charge >= 0.3 is 11.9 Å². The molecule has 4 nitrogen and oxygen atoms in total. The molecule has 136 valence electrons. The molecule has 0 radical (unpaired) electrons. The Bertz CT molecular complexity index is 1310. The van der Waals surface area contributed by atoms with E-state index in [1.54, 1.807) is 12.1 Å². The number of methoxy groups -OCH3 is 2. The van der Waals surface area contributed by atoms with E-state index in [1.807, 2.05) is 24.3 Å². The second-order valence-corrected chi connectivity index (χ2v) is 6.77. The quantitative estimate of drug-likeness (QED) is 0.241. The number of ether oxygens (including phenoxy) is 2. The molecule has 5 rings (SSSR count). The monoisotopic (exact) mass is 368 g/mol. The van der Waals surface area contributed by atoms with Crippen LogP contribution in [0.15, 0.2) is 60.7 Å². The van der Waals surface area contributed by atoms with Crippen molar-refractivity contribution in [3.63, 3.8) is 0 Å². The lowest BCUT2D eigenvalue weighted by molar-refractivity contribution is 0.0590. The predicted molar refractivity (Wildman–Crippen MR) is 110 cm³/mol. The molecular weight excluding hydrogens is 352 g/mol. The highest BCUT2D eigenvalue weighted by atomic mass is 16.5. The largest absolute Gasteiger partial charge is 0.465 e. The lowest BCUT2D eigenvalue weighted by atomic mass is 9.86. The van der Waals surface area contributed by atoms with Crippen LogP contribution in [0.1, 0.15) is 20.7 Å². The zero-order chi connectivity index (χ0) is 19.4. The highest BCUT2D eigenvalue weighted by Gasteiger charge is 2.23. The third-order valence-corrected chi connectivity index (χ3v) is 5.44. The molecule has 0 aliphatic carbocycles. The summed E-state index contributed by atoms with van der Waals surface area (Å²) in [5.74, 6) is -0.868. The molecule has 0 spiro atoms. The van der Waals surface area contributed by atoms with Gasteiger partial charge in [-0.25, -0.2) is 9.59 Å². The Hall–Kier alpha value is -3.66. The molecule has 0 aliphatic heterocycles. The van der Waals surface area contributed by atoms with Crippen LogP contribution in [0.2, 0.25) is 0 Å². The normalized spacial score (nSPS) is 11.5. The minimum absolute atomic E-state index is 0.434. The number of fused-ring (bicyclic) bond motifs is 3. The van der Waals surface area contributed by atoms with Gasteiger partial charge in [0.15, 0.2) is 0 Å². The van der Waals surface area contributed by atoms with Gasteiger partial charge in [0.1, 0.15) is 0 Å². The number of hydrogen-bond acceptors (Lipinski definition) is 4. The predicted octanol–water partition coefficient (Wildman–Crippen LogP) is 5.31. The first-order valence-corrected chi connectivity index (χ1v) is 8.94. The fourth-order valence-electron chi connectivity index (χ4n) is 4.29. The molecule has 4 heteroatoms. The van der Waals surface area contributed by atoms with Crippen LogP contribution in [0.25, 0.3) is 43.1 Å². The fourth-order valence-corrected chi connectivity index (χ4v) is 4.29. The summed E-state index contributed by atoms with van der Waals surface area (Å²) in [6.07, 6.45) is 0. The average Bonchev–Trinajstić information content (AvgIpc) is 2.76. The summed E-state index contributed by atoms with van der Waals surface area (Å²) < 4.78 is 10.1. The molecule has 0 atom stereocenters. The van der Waals surface area contributed by atoms with Crippen LogP contribution in [0, 0.1) is 0 Å². The Labute approximate surface area is 160 Å². The molecule has 0 N–H and O–H groups in total. The standard InChI is InChI=1S/C24H16O4/c1-27-23(25)17-11-12-18(24(26)28-2)22-16-8-4-6-14-10-9-13-5-3-7-15(21(17)22)19(13)20(14)16/h3-12H,1-2H3. The molecule has 0 aromatic heterocycles. The Morgan fingerprint density at radius 3 is 1.39 bits per heavy atom. The molecule has 0 amide bonds. The molecule has 0 aliphatic rings. The van der Waals surface area contributed by atoms with Crippen molar-refractivity contribution in [3.8, 4) is 0 Å². The molecule has 0 bridgehead atoms. The molecule has 0 saturated carbocycles. The third-order valence-electron chi connectivity index (χ3n) is 5.44. The maximum atomic E-state index is 12.6. The lowest BCUT2D eigenvalue weighted by Crippen LogP contribution is -2.08. The van der Waals surface area contributed by atoms with Gasteiger partial charge in [0.25, 0.3) is 0 Å². The van der Waals surface area contributed by atoms with Gasteiger partial charge in [-0.2, -0.15) is 0 Å². The second kappa shape index (κ2) is 5.92. The van der Waals surface area contributed by atoms with Crippen molar-refractivity contribution in [3.05, 3.63) is 71.8 Å². The van der Waals surface area contributed by atoms with E-state index in [9.17, 15) is 9.59 Å². The van der Waals surface area contributed by atoms with Crippen LogP contribution in [0.5, 0.6) is 0 Å². The molecule has 28 heavy (non-hydrogen) atoms. The topological polar surface area (TPSA) is 52.6 Å². The van der Waals surface area contributed by atoms with E-state index in [1.165, 1.54) is 14.2 Å². The SMILES string of the molecule is COC(=O)c1ccc(C(=O)OC)c2c3cccc4ccc5cccc(c12)c5c43. The van der Waals surface area contributed by atoms with E-state index in [0.717, 1.165) is 32.3 Å². The second-order valence-electron chi connectivity index (χ2n) is 6.77. The number of esters is 2. The van der Waals surface area contributed by atoms with E-state index in [-0.39, 0.29) is 0 Å². The van der Waals surface area contributed by atoms with Crippen molar-refractivity contribution in [2.45, 2.75) is 0 Å². The molecule has 5 aromatic carbocycles. The Kier molecular flexibility index (Phi) is 3.49. The van der Waals surface area contributed by atoms with E-state index in [4.69, 9.17) is 9.47 Å². The van der Waals surface area contributed by atoms with Crippen molar-refractivity contribution in [2.75, 3.05) is 14.2 Å². The van der Waals surface area contributed by atoms with Crippen molar-refractivity contribution in [1.29, 1.82) is 0 Å². The van der Waals surface area contributed by atoms with Crippen LogP contribution in [-0.2, 0) is 9.47 Å². The molecule has 5 aromatic rings. The molecule has 0 fully saturated rings. The Balaban J connectivity index is 2.19. The van der Waals surface area contributed by atoms with Gasteiger partial charge < -0.3 is 9.47 Å². The van der Waals surface area contributed by atoms with Crippen molar-refractivity contribution in [1.82, 2.24) is 0 Å². The van der Waals surface area contributed by atoms with E-state index >= 15 is 0 Å². The maximum absolute atomic E-state index is 12.6. The molecule has 0 saturated heterocycles. The van der Waals surface area contributed by atoms with Gasteiger partial charge in [-0.05, 0) is 44.5 Å². The zero-order valence-corrected chi connectivity index (χ0v) is 15.4. The smallest absolute Gasteiger partial charge is 0.338 e. The van der Waals surface area contributed by atoms with Gasteiger partial charge in [-0.15, -0.1) is 0 Å². The van der Waals surface area contributed by atoms with Crippen LogP contribution in [-0.4, -0.2) is 26.2 Å². The molecule has 0 heterocycles. The maximum Gasteiger partial charge on any atom is 0.338 e. The number of carbonyl (C=O) groups excluding carboxylic acids is 2. The first kappa shape index (κ1) is 16.5. The Morgan fingerprint density at radius 1 is 0.571 bits per heavy atom. The summed E-state index contributed by atoms with van der Waals surface area (Å²) in [6, 6.07) is 19.5. The van der Waals surface area contributed by atoms with Crippen LogP contribution in [0.3, 0.4) is 0 Å². The van der Waals surface area contributed by atoms with Crippen LogP contribution < -0.4 is 0 Å². The van der Waals surface area contributed by atoms with Gasteiger partial charge in [-0.3, -0.25) is 0 Å². The Morgan fingerprint density at radius 2 is 1.00 bits per heavy atom. The number of hydrogen-bond donors (Lipinski definition) is 0. The van der Waals surface area contributed by atoms with Crippen LogP contribution in [0.4, 0.5) is 0 Å². The minimum Gasteiger partial charge on any atom is -0.465 e. The summed E-state index contributed by atoms with van der Waals surface area (Å²) in [4.78, 5) is 25.1. The average molecular weight is 368 g/mol. The van der Waals surface area contributed by atoms with Crippen LogP contribution >= 0.6 is 0 Å². The molecule has 0 unspecified atom stereocenters. The van der Waals surface area contributed by atoms with Crippen molar-refractivity contribution < 1.29 is 19.1 Å². The summed E-state index contributed by atoms with van der Waals surface area (Å²) in [7, 11) is 2.72. The van der Waals surface area contributed by atoms with E-state index < -0.39 is 11.9 Å². The lowest BCUT2D eigenvalue weighted by Gasteiger charge is -2.18. The fraction of sp³-hybridized carbons (Fsp3) is 0.0833. The summed E-state index contributed by atoms with van der Waals surface area (Å²) in [5.41, 5.74) is 0.869. The summed E-state index contributed by atoms with van der Waals surface area (Å²) >= 11 is 0. The first-order valence-electron chi connectivity index (χ1n) is 8.94. The van der Waals surface area contributed by atoms with Gasteiger partial charge in [0, 0.05) is 10.8 Å². The minimum atomic E-state index is -0.434. The van der Waals surface area contributed by atoms with Crippen molar-refractivity contribution >= 4 is 55.0 Å². The van der Waals surface area contributed by atoms with E-state index in [0.29, 0.717) is 21.9 Å². The number of benzene rings is 5. The number of carbonyl (C=O) groups is 2. The molecular formula is C24H16O4. The zero-order valence-electron chi connectivity index (χ0n) is 15.4. The summed E-state index contributed by atoms with van der Waals surface area (Å²) in [5, 5.41) is 7.60. The summed E-state index contributed by atoms with van der Waals surface area (Å²) in [6.45, 7) is 0. The van der Waals surface area contributed by atoms with E-state index in [2.05, 4.69) is 24.3 Å². The third kappa shape index (κ3) is 2.06. The van der Waals surface area contributed by atoms with Crippen molar-refractivity contribution in [2.24, 2.45) is 0 Å². The first-order chi connectivity index (χ1) is 13.7. The number of rotatable bonds is 2. The van der Waals surface area contributed by atoms with Gasteiger partial charge in [0.05, 0.1) is 25.3 Å². The highest BCUT2D eigenvalue weighted by Crippen LogP contribution is 2.43. The highest BCUT2D eigenvalue weighted by molar-refractivity contribution is 6.37. The van der Waals surface area contributed by atoms with Gasteiger partial charge in [0.2, 0.25) is 0 Å².